The Hall–Kier alpha value is -1.85. The zero-order valence-electron chi connectivity index (χ0n) is 14.2. The molecule has 5 heteroatoms. The Morgan fingerprint density at radius 1 is 1.21 bits per heavy atom. The monoisotopic (exact) mass is 343 g/mol. The first kappa shape index (κ1) is 17.0. The first-order valence-corrected chi connectivity index (χ1v) is 9.37. The zero-order chi connectivity index (χ0) is 16.9. The van der Waals surface area contributed by atoms with Crippen molar-refractivity contribution in [2.24, 2.45) is 5.92 Å². The topological polar surface area (TPSA) is 44.4 Å². The van der Waals surface area contributed by atoms with Gasteiger partial charge in [-0.15, -0.1) is 0 Å². The number of urea groups is 1. The number of hydrogen-bond acceptors (Lipinski definition) is 3. The van der Waals surface area contributed by atoms with Crippen LogP contribution in [0.5, 0.6) is 0 Å². The van der Waals surface area contributed by atoms with Gasteiger partial charge in [-0.1, -0.05) is 30.3 Å². The van der Waals surface area contributed by atoms with Crippen LogP contribution in [-0.4, -0.2) is 31.6 Å². The van der Waals surface area contributed by atoms with Gasteiger partial charge in [0.15, 0.2) is 0 Å². The van der Waals surface area contributed by atoms with E-state index >= 15 is 0 Å². The van der Waals surface area contributed by atoms with Gasteiger partial charge in [0.1, 0.15) is 0 Å². The van der Waals surface area contributed by atoms with Crippen LogP contribution in [0.15, 0.2) is 47.2 Å². The Morgan fingerprint density at radius 2 is 1.96 bits per heavy atom. The first-order valence-electron chi connectivity index (χ1n) is 8.43. The quantitative estimate of drug-likeness (QED) is 0.803. The minimum Gasteiger partial charge on any atom is -0.336 e. The highest BCUT2D eigenvalue weighted by molar-refractivity contribution is 7.07. The van der Waals surface area contributed by atoms with Gasteiger partial charge in [0, 0.05) is 6.54 Å². The molecule has 0 radical (unpaired) electrons. The summed E-state index contributed by atoms with van der Waals surface area (Å²) in [6.07, 6.45) is 2.38. The van der Waals surface area contributed by atoms with Gasteiger partial charge in [-0.25, -0.2) is 4.79 Å². The third-order valence-electron chi connectivity index (χ3n) is 4.55. The summed E-state index contributed by atoms with van der Waals surface area (Å²) in [5.41, 5.74) is 2.43. The molecule has 4 nitrogen and oxygen atoms in total. The van der Waals surface area contributed by atoms with Crippen molar-refractivity contribution in [1.29, 1.82) is 0 Å². The summed E-state index contributed by atoms with van der Waals surface area (Å²) in [5.74, 6) is 0.569. The van der Waals surface area contributed by atoms with Gasteiger partial charge in [0.25, 0.3) is 0 Å². The predicted octanol–water partition coefficient (Wildman–Crippen LogP) is 3.80. The lowest BCUT2D eigenvalue weighted by Crippen LogP contribution is -2.42. The second-order valence-electron chi connectivity index (χ2n) is 6.62. The summed E-state index contributed by atoms with van der Waals surface area (Å²) in [7, 11) is 4.08. The average Bonchev–Trinajstić information content (AvgIpc) is 3.28. The van der Waals surface area contributed by atoms with Gasteiger partial charge < -0.3 is 15.5 Å². The Balaban J connectivity index is 1.58. The number of carbonyl (C=O) groups is 1. The van der Waals surface area contributed by atoms with Gasteiger partial charge in [0.2, 0.25) is 0 Å². The molecule has 0 unspecified atom stereocenters. The first-order chi connectivity index (χ1) is 11.6. The Morgan fingerprint density at radius 3 is 2.54 bits per heavy atom. The van der Waals surface area contributed by atoms with Crippen molar-refractivity contribution >= 4 is 17.4 Å². The number of nitrogens with zero attached hydrogens (tertiary/aromatic N) is 1. The molecule has 1 heterocycles. The van der Waals surface area contributed by atoms with E-state index < -0.39 is 0 Å². The summed E-state index contributed by atoms with van der Waals surface area (Å²) >= 11 is 1.68. The van der Waals surface area contributed by atoms with Crippen molar-refractivity contribution in [3.8, 4) is 0 Å². The van der Waals surface area contributed by atoms with Crippen LogP contribution < -0.4 is 10.6 Å². The number of carbonyl (C=O) groups excluding carboxylic acids is 1. The smallest absolute Gasteiger partial charge is 0.315 e. The molecule has 1 saturated carbocycles. The number of benzene rings is 1. The molecule has 2 amide bonds. The molecule has 2 N–H and O–H groups in total. The van der Waals surface area contributed by atoms with E-state index in [2.05, 4.69) is 44.5 Å². The Labute approximate surface area is 147 Å². The summed E-state index contributed by atoms with van der Waals surface area (Å²) < 4.78 is 0. The Kier molecular flexibility index (Phi) is 5.53. The second-order valence-corrected chi connectivity index (χ2v) is 7.40. The lowest BCUT2D eigenvalue weighted by atomic mass is 10.0. The van der Waals surface area contributed by atoms with E-state index in [-0.39, 0.29) is 18.1 Å². The van der Waals surface area contributed by atoms with E-state index in [1.165, 1.54) is 24.0 Å². The van der Waals surface area contributed by atoms with Crippen molar-refractivity contribution in [1.82, 2.24) is 15.5 Å². The van der Waals surface area contributed by atoms with E-state index in [0.717, 1.165) is 0 Å². The normalized spacial score (nSPS) is 16.6. The fraction of sp³-hybridized carbons (Fsp3) is 0.421. The van der Waals surface area contributed by atoms with E-state index in [1.807, 2.05) is 32.3 Å². The maximum absolute atomic E-state index is 12.4. The third-order valence-corrected chi connectivity index (χ3v) is 5.25. The van der Waals surface area contributed by atoms with Gasteiger partial charge in [-0.3, -0.25) is 0 Å². The largest absolute Gasteiger partial charge is 0.336 e. The fourth-order valence-electron chi connectivity index (χ4n) is 3.01. The fourth-order valence-corrected chi connectivity index (χ4v) is 3.72. The van der Waals surface area contributed by atoms with Gasteiger partial charge in [-0.05, 0) is 60.8 Å². The van der Waals surface area contributed by atoms with Gasteiger partial charge in [-0.2, -0.15) is 11.3 Å². The molecule has 24 heavy (non-hydrogen) atoms. The van der Waals surface area contributed by atoms with E-state index in [4.69, 9.17) is 0 Å². The highest BCUT2D eigenvalue weighted by Crippen LogP contribution is 2.40. The minimum absolute atomic E-state index is 0.0853. The summed E-state index contributed by atoms with van der Waals surface area (Å²) in [4.78, 5) is 14.6. The lowest BCUT2D eigenvalue weighted by molar-refractivity contribution is 0.228. The highest BCUT2D eigenvalue weighted by atomic mass is 32.1. The van der Waals surface area contributed by atoms with Crippen molar-refractivity contribution < 1.29 is 4.79 Å². The molecule has 0 aliphatic heterocycles. The van der Waals surface area contributed by atoms with Crippen LogP contribution in [0.3, 0.4) is 0 Å². The van der Waals surface area contributed by atoms with Crippen molar-refractivity contribution in [3.05, 3.63) is 58.3 Å². The van der Waals surface area contributed by atoms with Crippen LogP contribution in [-0.2, 0) is 0 Å². The number of likely N-dealkylation sites (N-methyl/N-ethyl adjacent to an activating group) is 1. The molecule has 1 aliphatic rings. The number of nitrogens with one attached hydrogen (secondary N) is 2. The van der Waals surface area contributed by atoms with Gasteiger partial charge in [0.05, 0.1) is 12.1 Å². The van der Waals surface area contributed by atoms with Crippen LogP contribution in [0.25, 0.3) is 0 Å². The molecular formula is C19H25N3OS. The SMILES string of the molecule is CN(C)[C@H](CNC(=O)N[C@H](c1ccccc1)C1CC1)c1ccsc1. The average molecular weight is 343 g/mol. The highest BCUT2D eigenvalue weighted by Gasteiger charge is 2.33. The molecule has 2 atom stereocenters. The minimum atomic E-state index is -0.0853. The molecular weight excluding hydrogens is 318 g/mol. The standard InChI is InChI=1S/C19H25N3OS/c1-22(2)17(16-10-11-24-13-16)12-20-19(23)21-18(15-8-9-15)14-6-4-3-5-7-14/h3-7,10-11,13,15,17-18H,8-9,12H2,1-2H3,(H2,20,21,23)/t17-,18-/m1/s1. The van der Waals surface area contributed by atoms with Crippen LogP contribution in [0.1, 0.15) is 36.1 Å². The molecule has 1 aromatic carbocycles. The third kappa shape index (κ3) is 4.36. The summed E-state index contributed by atoms with van der Waals surface area (Å²) in [6.45, 7) is 0.599. The molecule has 1 aliphatic carbocycles. The number of rotatable bonds is 7. The zero-order valence-corrected chi connectivity index (χ0v) is 15.1. The van der Waals surface area contributed by atoms with Crippen LogP contribution in [0.2, 0.25) is 0 Å². The molecule has 2 aromatic rings. The molecule has 0 bridgehead atoms. The molecule has 0 saturated heterocycles. The molecule has 0 spiro atoms. The second kappa shape index (κ2) is 7.81. The van der Waals surface area contributed by atoms with Crippen LogP contribution in [0, 0.1) is 5.92 Å². The summed E-state index contributed by atoms with van der Waals surface area (Å²) in [5, 5.41) is 10.4. The van der Waals surface area contributed by atoms with Crippen LogP contribution >= 0.6 is 11.3 Å². The lowest BCUT2D eigenvalue weighted by Gasteiger charge is -2.25. The van der Waals surface area contributed by atoms with Crippen molar-refractivity contribution in [2.75, 3.05) is 20.6 Å². The predicted molar refractivity (Wildman–Crippen MR) is 99.2 cm³/mol. The number of thiophene rings is 1. The van der Waals surface area contributed by atoms with E-state index in [9.17, 15) is 4.79 Å². The van der Waals surface area contributed by atoms with Crippen molar-refractivity contribution in [3.63, 3.8) is 0 Å². The number of amides is 2. The Bertz CT molecular complexity index is 638. The van der Waals surface area contributed by atoms with E-state index in [0.29, 0.717) is 12.5 Å². The molecule has 3 rings (SSSR count). The van der Waals surface area contributed by atoms with Crippen molar-refractivity contribution in [2.45, 2.75) is 24.9 Å². The van der Waals surface area contributed by atoms with E-state index in [1.54, 1.807) is 11.3 Å². The summed E-state index contributed by atoms with van der Waals surface area (Å²) in [6, 6.07) is 12.6. The molecule has 1 aromatic heterocycles. The maximum Gasteiger partial charge on any atom is 0.315 e. The molecule has 128 valence electrons. The number of hydrogen-bond donors (Lipinski definition) is 2. The van der Waals surface area contributed by atoms with Gasteiger partial charge >= 0.3 is 6.03 Å². The molecule has 1 fully saturated rings. The maximum atomic E-state index is 12.4. The van der Waals surface area contributed by atoms with Crippen LogP contribution in [0.4, 0.5) is 4.79 Å².